The molecule has 0 bridgehead atoms. The molecule has 0 spiro atoms. The molecule has 1 atom stereocenters. The molecule has 2 aromatic carbocycles. The number of nitrogens with one attached hydrogen (secondary N) is 2. The highest BCUT2D eigenvalue weighted by Crippen LogP contribution is 2.35. The molecule has 0 saturated carbocycles. The predicted octanol–water partition coefficient (Wildman–Crippen LogP) is 2.50. The van der Waals surface area contributed by atoms with Gasteiger partial charge in [-0.15, -0.1) is 0 Å². The lowest BCUT2D eigenvalue weighted by Crippen LogP contribution is -2.28. The Morgan fingerprint density at radius 1 is 1.05 bits per heavy atom. The van der Waals surface area contributed by atoms with Gasteiger partial charge in [-0.05, 0) is 18.2 Å². The summed E-state index contributed by atoms with van der Waals surface area (Å²) in [6.45, 7) is 0. The van der Waals surface area contributed by atoms with Crippen molar-refractivity contribution < 1.29 is 8.42 Å². The number of sulfone groups is 1. The van der Waals surface area contributed by atoms with Crippen molar-refractivity contribution in [2.24, 2.45) is 0 Å². The second-order valence-corrected chi connectivity index (χ2v) is 7.13. The topological polar surface area (TPSA) is 74.8 Å². The van der Waals surface area contributed by atoms with E-state index >= 15 is 0 Å². The van der Waals surface area contributed by atoms with Crippen LogP contribution in [0.4, 0.5) is 5.69 Å². The summed E-state index contributed by atoms with van der Waals surface area (Å²) in [7, 11) is -3.30. The standard InChI is InChI=1S/C15H13N3O2S/c19-21(20)9-13(16-12-7-3-4-8-14(12)21)15-10-5-1-2-6-11(10)17-18-15/h1-8,13,16H,9H2,(H,17,18). The maximum atomic E-state index is 12.4. The van der Waals surface area contributed by atoms with Gasteiger partial charge < -0.3 is 5.32 Å². The third-order valence-electron chi connectivity index (χ3n) is 3.78. The van der Waals surface area contributed by atoms with Crippen LogP contribution in [-0.2, 0) is 9.84 Å². The normalized spacial score (nSPS) is 19.9. The summed E-state index contributed by atoms with van der Waals surface area (Å²) < 4.78 is 24.9. The van der Waals surface area contributed by atoms with Crippen LogP contribution in [0, 0.1) is 0 Å². The Morgan fingerprint density at radius 3 is 2.71 bits per heavy atom. The van der Waals surface area contributed by atoms with Crippen molar-refractivity contribution >= 4 is 26.4 Å². The Morgan fingerprint density at radius 2 is 1.81 bits per heavy atom. The number of fused-ring (bicyclic) bond motifs is 2. The van der Waals surface area contributed by atoms with Crippen molar-refractivity contribution in [1.82, 2.24) is 10.2 Å². The number of benzene rings is 2. The van der Waals surface area contributed by atoms with E-state index in [4.69, 9.17) is 0 Å². The molecule has 1 aliphatic rings. The van der Waals surface area contributed by atoms with E-state index in [1.807, 2.05) is 30.3 Å². The molecule has 0 saturated heterocycles. The molecule has 6 heteroatoms. The minimum atomic E-state index is -3.30. The number of H-pyrrole nitrogens is 1. The van der Waals surface area contributed by atoms with Crippen molar-refractivity contribution in [1.29, 1.82) is 0 Å². The lowest BCUT2D eigenvalue weighted by atomic mass is 10.1. The number of rotatable bonds is 1. The second-order valence-electron chi connectivity index (χ2n) is 5.13. The molecule has 0 amide bonds. The SMILES string of the molecule is O=S1(=O)CC(c2[nH]nc3ccccc23)Nc2ccccc21. The predicted molar refractivity (Wildman–Crippen MR) is 81.0 cm³/mol. The van der Waals surface area contributed by atoms with Crippen LogP contribution in [0.25, 0.3) is 10.9 Å². The maximum absolute atomic E-state index is 12.4. The maximum Gasteiger partial charge on any atom is 0.182 e. The number of hydrogen-bond donors (Lipinski definition) is 2. The van der Waals surface area contributed by atoms with Crippen molar-refractivity contribution in [3.05, 3.63) is 54.2 Å². The van der Waals surface area contributed by atoms with Crippen molar-refractivity contribution in [2.75, 3.05) is 11.1 Å². The van der Waals surface area contributed by atoms with Gasteiger partial charge in [0.05, 0.1) is 33.6 Å². The van der Waals surface area contributed by atoms with Gasteiger partial charge in [-0.2, -0.15) is 5.10 Å². The smallest absolute Gasteiger partial charge is 0.182 e. The Balaban J connectivity index is 1.85. The van der Waals surface area contributed by atoms with E-state index in [1.165, 1.54) is 0 Å². The summed E-state index contributed by atoms with van der Waals surface area (Å²) in [6, 6.07) is 14.4. The van der Waals surface area contributed by atoms with E-state index in [9.17, 15) is 8.42 Å². The molecule has 2 heterocycles. The van der Waals surface area contributed by atoms with E-state index in [1.54, 1.807) is 18.2 Å². The minimum Gasteiger partial charge on any atom is -0.375 e. The van der Waals surface area contributed by atoms with E-state index in [0.717, 1.165) is 16.6 Å². The number of hydrogen-bond acceptors (Lipinski definition) is 4. The Hall–Kier alpha value is -2.34. The van der Waals surface area contributed by atoms with Gasteiger partial charge in [0.25, 0.3) is 0 Å². The van der Waals surface area contributed by atoms with Crippen LogP contribution < -0.4 is 5.32 Å². The van der Waals surface area contributed by atoms with Gasteiger partial charge in [-0.25, -0.2) is 8.42 Å². The average Bonchev–Trinajstić information content (AvgIpc) is 2.90. The summed E-state index contributed by atoms with van der Waals surface area (Å²) in [5, 5.41) is 11.5. The third kappa shape index (κ3) is 1.91. The zero-order valence-electron chi connectivity index (χ0n) is 11.1. The molecule has 0 radical (unpaired) electrons. The van der Waals surface area contributed by atoms with E-state index in [0.29, 0.717) is 10.6 Å². The molecule has 0 fully saturated rings. The Bertz CT molecular complexity index is 931. The molecule has 106 valence electrons. The van der Waals surface area contributed by atoms with Gasteiger partial charge in [-0.1, -0.05) is 30.3 Å². The van der Waals surface area contributed by atoms with Crippen molar-refractivity contribution in [3.8, 4) is 0 Å². The van der Waals surface area contributed by atoms with Crippen LogP contribution in [0.1, 0.15) is 11.7 Å². The van der Waals surface area contributed by atoms with Crippen molar-refractivity contribution in [2.45, 2.75) is 10.9 Å². The van der Waals surface area contributed by atoms with Crippen LogP contribution in [0.2, 0.25) is 0 Å². The first-order valence-corrected chi connectivity index (χ1v) is 8.32. The van der Waals surface area contributed by atoms with Crippen LogP contribution >= 0.6 is 0 Å². The first-order chi connectivity index (χ1) is 10.1. The zero-order valence-corrected chi connectivity index (χ0v) is 11.9. The van der Waals surface area contributed by atoms with E-state index < -0.39 is 9.84 Å². The van der Waals surface area contributed by atoms with Gasteiger partial charge in [-0.3, -0.25) is 5.10 Å². The van der Waals surface area contributed by atoms with Gasteiger partial charge in [0.15, 0.2) is 9.84 Å². The van der Waals surface area contributed by atoms with Crippen LogP contribution in [-0.4, -0.2) is 24.4 Å². The Kier molecular flexibility index (Phi) is 2.56. The molecule has 1 aliphatic heterocycles. The fourth-order valence-corrected chi connectivity index (χ4v) is 4.41. The van der Waals surface area contributed by atoms with Crippen LogP contribution in [0.5, 0.6) is 0 Å². The quantitative estimate of drug-likeness (QED) is 0.724. The highest BCUT2D eigenvalue weighted by atomic mass is 32.2. The fraction of sp³-hybridized carbons (Fsp3) is 0.133. The number of anilines is 1. The molecular weight excluding hydrogens is 286 g/mol. The number of nitrogens with zero attached hydrogens (tertiary/aromatic N) is 1. The molecule has 3 aromatic rings. The summed E-state index contributed by atoms with van der Waals surface area (Å²) in [5.74, 6) is 0.0240. The summed E-state index contributed by atoms with van der Waals surface area (Å²) in [6.07, 6.45) is 0. The summed E-state index contributed by atoms with van der Waals surface area (Å²) in [5.41, 5.74) is 2.29. The highest BCUT2D eigenvalue weighted by molar-refractivity contribution is 7.91. The molecule has 21 heavy (non-hydrogen) atoms. The Labute approximate surface area is 121 Å². The lowest BCUT2D eigenvalue weighted by Gasteiger charge is -2.26. The van der Waals surface area contributed by atoms with Crippen molar-refractivity contribution in [3.63, 3.8) is 0 Å². The molecule has 1 aromatic heterocycles. The van der Waals surface area contributed by atoms with Crippen LogP contribution in [0.3, 0.4) is 0 Å². The number of aromatic nitrogens is 2. The molecule has 5 nitrogen and oxygen atoms in total. The molecule has 0 aliphatic carbocycles. The molecule has 2 N–H and O–H groups in total. The first kappa shape index (κ1) is 12.4. The summed E-state index contributed by atoms with van der Waals surface area (Å²) >= 11 is 0. The monoisotopic (exact) mass is 299 g/mol. The number of aromatic amines is 1. The fourth-order valence-electron chi connectivity index (χ4n) is 2.80. The highest BCUT2D eigenvalue weighted by Gasteiger charge is 2.32. The van der Waals surface area contributed by atoms with Gasteiger partial charge >= 0.3 is 0 Å². The average molecular weight is 299 g/mol. The second kappa shape index (κ2) is 4.33. The van der Waals surface area contributed by atoms with Crippen LogP contribution in [0.15, 0.2) is 53.4 Å². The molecular formula is C15H13N3O2S. The molecule has 4 rings (SSSR count). The van der Waals surface area contributed by atoms with Gasteiger partial charge in [0, 0.05) is 5.39 Å². The third-order valence-corrected chi connectivity index (χ3v) is 5.58. The van der Waals surface area contributed by atoms with E-state index in [-0.39, 0.29) is 11.8 Å². The van der Waals surface area contributed by atoms with Gasteiger partial charge in [0.1, 0.15) is 0 Å². The zero-order chi connectivity index (χ0) is 14.4. The lowest BCUT2D eigenvalue weighted by molar-refractivity contribution is 0.586. The largest absolute Gasteiger partial charge is 0.375 e. The number of para-hydroxylation sites is 2. The summed E-state index contributed by atoms with van der Waals surface area (Å²) in [4.78, 5) is 0.366. The van der Waals surface area contributed by atoms with E-state index in [2.05, 4.69) is 15.5 Å². The van der Waals surface area contributed by atoms with Gasteiger partial charge in [0.2, 0.25) is 0 Å². The first-order valence-electron chi connectivity index (χ1n) is 6.66. The molecule has 1 unspecified atom stereocenters. The minimum absolute atomic E-state index is 0.0240.